The minimum atomic E-state index is -0.827. The number of rotatable bonds is 6. The minimum Gasteiger partial charge on any atom is -0.457 e. The predicted octanol–water partition coefficient (Wildman–Crippen LogP) is -0.760. The Labute approximate surface area is 92.2 Å². The zero-order valence-corrected chi connectivity index (χ0v) is 9.02. The molecule has 2 N–H and O–H groups in total. The van der Waals surface area contributed by atoms with Crippen molar-refractivity contribution in [1.29, 1.82) is 0 Å². The van der Waals surface area contributed by atoms with Gasteiger partial charge in [0.25, 0.3) is 6.47 Å². The van der Waals surface area contributed by atoms with Crippen molar-refractivity contribution < 1.29 is 28.6 Å². The monoisotopic (exact) mass is 234 g/mol. The quantitative estimate of drug-likeness (QED) is 0.462. The van der Waals surface area contributed by atoms with E-state index in [2.05, 4.69) is 24.8 Å². The van der Waals surface area contributed by atoms with Crippen molar-refractivity contribution in [2.24, 2.45) is 0 Å². The molecule has 0 radical (unpaired) electrons. The summed E-state index contributed by atoms with van der Waals surface area (Å²) in [6.07, 6.45) is -2.16. The van der Waals surface area contributed by atoms with E-state index in [4.69, 9.17) is 0 Å². The lowest BCUT2D eigenvalue weighted by Gasteiger charge is -2.14. The highest BCUT2D eigenvalue weighted by Crippen LogP contribution is 1.94. The van der Waals surface area contributed by atoms with Crippen molar-refractivity contribution in [3.63, 3.8) is 0 Å². The van der Waals surface area contributed by atoms with Crippen LogP contribution in [0.2, 0.25) is 0 Å². The maximum absolute atomic E-state index is 10.7. The molecule has 0 aromatic carbocycles. The second-order valence-corrected chi connectivity index (χ2v) is 2.55. The van der Waals surface area contributed by atoms with E-state index in [1.54, 1.807) is 0 Å². The second kappa shape index (κ2) is 8.33. The average Bonchev–Trinajstić information content (AvgIpc) is 2.31. The number of carbonyl (C=O) groups excluding carboxylic acids is 3. The molecule has 0 aromatic rings. The van der Waals surface area contributed by atoms with E-state index in [9.17, 15) is 14.4 Å². The highest BCUT2D eigenvalue weighted by atomic mass is 16.6. The Bertz CT molecular complexity index is 225. The third-order valence-corrected chi connectivity index (χ3v) is 1.46. The maximum Gasteiger partial charge on any atom is 0.407 e. The SMILES string of the molecule is CNC(=O)OCC(COC(=O)NC)OC=O. The highest BCUT2D eigenvalue weighted by molar-refractivity contribution is 5.67. The molecule has 0 saturated heterocycles. The van der Waals surface area contributed by atoms with Gasteiger partial charge >= 0.3 is 12.2 Å². The Morgan fingerprint density at radius 3 is 1.88 bits per heavy atom. The van der Waals surface area contributed by atoms with Crippen molar-refractivity contribution >= 4 is 18.7 Å². The summed E-state index contributed by atoms with van der Waals surface area (Å²) < 4.78 is 13.8. The van der Waals surface area contributed by atoms with Crippen molar-refractivity contribution in [3.8, 4) is 0 Å². The molecule has 8 heteroatoms. The van der Waals surface area contributed by atoms with Crippen LogP contribution >= 0.6 is 0 Å². The Kier molecular flexibility index (Phi) is 7.29. The van der Waals surface area contributed by atoms with Gasteiger partial charge in [-0.3, -0.25) is 4.79 Å². The van der Waals surface area contributed by atoms with Gasteiger partial charge in [0.05, 0.1) is 0 Å². The second-order valence-electron chi connectivity index (χ2n) is 2.55. The Balaban J connectivity index is 3.91. The summed E-state index contributed by atoms with van der Waals surface area (Å²) >= 11 is 0. The molecule has 0 bridgehead atoms. The first kappa shape index (κ1) is 14.0. The Hall–Kier alpha value is -1.99. The standard InChI is InChI=1S/C8H14N2O6/c1-9-7(12)14-3-6(16-5-11)4-15-8(13)10-2/h5-6H,3-4H2,1-2H3,(H,9,12)(H,10,13). The zero-order valence-electron chi connectivity index (χ0n) is 9.02. The fraction of sp³-hybridized carbons (Fsp3) is 0.625. The molecule has 8 nitrogen and oxygen atoms in total. The van der Waals surface area contributed by atoms with E-state index >= 15 is 0 Å². The lowest BCUT2D eigenvalue weighted by molar-refractivity contribution is -0.137. The van der Waals surface area contributed by atoms with Crippen molar-refractivity contribution in [2.45, 2.75) is 6.10 Å². The number of nitrogens with one attached hydrogen (secondary N) is 2. The molecule has 92 valence electrons. The van der Waals surface area contributed by atoms with Gasteiger partial charge in [-0.1, -0.05) is 0 Å². The highest BCUT2D eigenvalue weighted by Gasteiger charge is 2.14. The molecule has 0 aliphatic heterocycles. The van der Waals surface area contributed by atoms with E-state index in [1.807, 2.05) is 0 Å². The van der Waals surface area contributed by atoms with E-state index in [0.717, 1.165) is 0 Å². The van der Waals surface area contributed by atoms with Crippen LogP contribution in [0.15, 0.2) is 0 Å². The van der Waals surface area contributed by atoms with Crippen LogP contribution in [-0.4, -0.2) is 52.1 Å². The molecule has 0 rings (SSSR count). The van der Waals surface area contributed by atoms with Crippen LogP contribution in [0.3, 0.4) is 0 Å². The minimum absolute atomic E-state index is 0.186. The number of alkyl carbamates (subject to hydrolysis) is 2. The summed E-state index contributed by atoms with van der Waals surface area (Å²) in [6, 6.07) is 0. The smallest absolute Gasteiger partial charge is 0.407 e. The first-order chi connectivity index (χ1) is 7.63. The van der Waals surface area contributed by atoms with E-state index in [0.29, 0.717) is 0 Å². The van der Waals surface area contributed by atoms with Crippen LogP contribution in [0.25, 0.3) is 0 Å². The lowest BCUT2D eigenvalue weighted by atomic mass is 10.4. The van der Waals surface area contributed by atoms with Gasteiger partial charge in [-0.05, 0) is 0 Å². The normalized spacial score (nSPS) is 9.19. The van der Waals surface area contributed by atoms with Gasteiger partial charge < -0.3 is 24.8 Å². The van der Waals surface area contributed by atoms with Gasteiger partial charge in [0.2, 0.25) is 0 Å². The van der Waals surface area contributed by atoms with Gasteiger partial charge in [-0.15, -0.1) is 0 Å². The largest absolute Gasteiger partial charge is 0.457 e. The predicted molar refractivity (Wildman–Crippen MR) is 51.8 cm³/mol. The summed E-state index contributed by atoms with van der Waals surface area (Å²) in [5.74, 6) is 0. The third kappa shape index (κ3) is 6.46. The summed E-state index contributed by atoms with van der Waals surface area (Å²) in [5.41, 5.74) is 0. The third-order valence-electron chi connectivity index (χ3n) is 1.46. The number of carbonyl (C=O) groups is 3. The molecule has 0 aliphatic rings. The van der Waals surface area contributed by atoms with Gasteiger partial charge in [0.15, 0.2) is 6.10 Å². The van der Waals surface area contributed by atoms with E-state index in [-0.39, 0.29) is 19.7 Å². The summed E-state index contributed by atoms with van der Waals surface area (Å²) in [6.45, 7) is -0.212. The van der Waals surface area contributed by atoms with Gasteiger partial charge in [0, 0.05) is 14.1 Å². The van der Waals surface area contributed by atoms with Gasteiger partial charge in [0.1, 0.15) is 13.2 Å². The molecule has 0 spiro atoms. The molecular formula is C8H14N2O6. The Morgan fingerprint density at radius 1 is 1.12 bits per heavy atom. The van der Waals surface area contributed by atoms with E-state index in [1.165, 1.54) is 14.1 Å². The summed E-state index contributed by atoms with van der Waals surface area (Å²) in [4.78, 5) is 31.5. The van der Waals surface area contributed by atoms with Crippen molar-refractivity contribution in [2.75, 3.05) is 27.3 Å². The van der Waals surface area contributed by atoms with Crippen LogP contribution in [0.5, 0.6) is 0 Å². The summed E-state index contributed by atoms with van der Waals surface area (Å²) in [5, 5.41) is 4.43. The van der Waals surface area contributed by atoms with E-state index < -0.39 is 18.3 Å². The van der Waals surface area contributed by atoms with Crippen LogP contribution in [0, 0.1) is 0 Å². The van der Waals surface area contributed by atoms with Crippen molar-refractivity contribution in [1.82, 2.24) is 10.6 Å². The molecular weight excluding hydrogens is 220 g/mol. The number of amides is 2. The lowest BCUT2D eigenvalue weighted by Crippen LogP contribution is -2.32. The first-order valence-electron chi connectivity index (χ1n) is 4.42. The fourth-order valence-electron chi connectivity index (χ4n) is 0.687. The molecule has 0 atom stereocenters. The molecule has 0 heterocycles. The summed E-state index contributed by atoms with van der Waals surface area (Å²) in [7, 11) is 2.78. The number of hydrogen-bond acceptors (Lipinski definition) is 6. The first-order valence-corrected chi connectivity index (χ1v) is 4.42. The van der Waals surface area contributed by atoms with Gasteiger partial charge in [-0.25, -0.2) is 9.59 Å². The molecule has 0 saturated carbocycles. The van der Waals surface area contributed by atoms with Gasteiger partial charge in [-0.2, -0.15) is 0 Å². The van der Waals surface area contributed by atoms with Crippen molar-refractivity contribution in [3.05, 3.63) is 0 Å². The number of hydrogen-bond donors (Lipinski definition) is 2. The average molecular weight is 234 g/mol. The molecule has 2 amide bonds. The molecule has 16 heavy (non-hydrogen) atoms. The van der Waals surface area contributed by atoms with Crippen LogP contribution in [-0.2, 0) is 19.0 Å². The zero-order chi connectivity index (χ0) is 12.4. The molecule has 0 aromatic heterocycles. The Morgan fingerprint density at radius 2 is 1.56 bits per heavy atom. The fourth-order valence-corrected chi connectivity index (χ4v) is 0.687. The molecule has 0 fully saturated rings. The maximum atomic E-state index is 10.7. The topological polar surface area (TPSA) is 103 Å². The molecule has 0 aliphatic carbocycles. The van der Waals surface area contributed by atoms with Crippen LogP contribution in [0.1, 0.15) is 0 Å². The van der Waals surface area contributed by atoms with Crippen LogP contribution < -0.4 is 10.6 Å². The van der Waals surface area contributed by atoms with Crippen LogP contribution in [0.4, 0.5) is 9.59 Å². The molecule has 0 unspecified atom stereocenters. The number of ether oxygens (including phenoxy) is 3.